The van der Waals surface area contributed by atoms with Gasteiger partial charge >= 0.3 is 0 Å². The van der Waals surface area contributed by atoms with E-state index < -0.39 is 0 Å². The Morgan fingerprint density at radius 1 is 1.30 bits per heavy atom. The maximum Gasteiger partial charge on any atom is 0.272 e. The quantitative estimate of drug-likeness (QED) is 0.897. The summed E-state index contributed by atoms with van der Waals surface area (Å²) < 4.78 is 1.90. The summed E-state index contributed by atoms with van der Waals surface area (Å²) in [7, 11) is 0. The van der Waals surface area contributed by atoms with Crippen molar-refractivity contribution in [1.82, 2.24) is 4.57 Å². The Morgan fingerprint density at radius 3 is 2.70 bits per heavy atom. The molecule has 0 atom stereocenters. The lowest BCUT2D eigenvalue weighted by atomic mass is 10.3. The fraction of sp³-hybridized carbons (Fsp3) is 0.214. The van der Waals surface area contributed by atoms with E-state index in [9.17, 15) is 9.90 Å². The molecule has 20 heavy (non-hydrogen) atoms. The number of phenolic OH excluding ortho intramolecular Hbond substituents is 1. The predicted molar refractivity (Wildman–Crippen MR) is 78.8 cm³/mol. The van der Waals surface area contributed by atoms with E-state index in [0.717, 1.165) is 12.8 Å². The van der Waals surface area contributed by atoms with Crippen molar-refractivity contribution in [2.45, 2.75) is 18.9 Å². The zero-order chi connectivity index (χ0) is 14.3. The van der Waals surface area contributed by atoms with Crippen LogP contribution in [0.4, 0.5) is 5.69 Å². The predicted octanol–water partition coefficient (Wildman–Crippen LogP) is 4.09. The highest BCUT2D eigenvalue weighted by Gasteiger charge is 2.27. The second-order valence-electron chi connectivity index (χ2n) is 4.80. The Balaban J connectivity index is 1.84. The number of benzene rings is 1. The first kappa shape index (κ1) is 13.3. The number of anilines is 1. The molecule has 1 heterocycles. The average molecular weight is 311 g/mol. The molecule has 1 fully saturated rings. The third-order valence-electron chi connectivity index (χ3n) is 3.19. The van der Waals surface area contributed by atoms with E-state index in [-0.39, 0.29) is 16.7 Å². The summed E-state index contributed by atoms with van der Waals surface area (Å²) in [5.74, 6) is -0.328. The third kappa shape index (κ3) is 2.62. The van der Waals surface area contributed by atoms with Crippen LogP contribution >= 0.6 is 23.2 Å². The number of amides is 1. The van der Waals surface area contributed by atoms with Crippen molar-refractivity contribution in [3.05, 3.63) is 46.2 Å². The summed E-state index contributed by atoms with van der Waals surface area (Å²) in [6.45, 7) is 0. The van der Waals surface area contributed by atoms with Crippen molar-refractivity contribution in [2.24, 2.45) is 0 Å². The van der Waals surface area contributed by atoms with Gasteiger partial charge in [0.2, 0.25) is 0 Å². The molecule has 0 bridgehead atoms. The van der Waals surface area contributed by atoms with Crippen LogP contribution in [-0.4, -0.2) is 15.6 Å². The van der Waals surface area contributed by atoms with Crippen molar-refractivity contribution in [3.8, 4) is 5.75 Å². The van der Waals surface area contributed by atoms with Gasteiger partial charge in [-0.05, 0) is 31.0 Å². The van der Waals surface area contributed by atoms with E-state index in [2.05, 4.69) is 5.32 Å². The van der Waals surface area contributed by atoms with Gasteiger partial charge < -0.3 is 15.0 Å². The molecule has 1 aliphatic carbocycles. The molecule has 1 saturated carbocycles. The van der Waals surface area contributed by atoms with Crippen LogP contribution in [0.1, 0.15) is 29.4 Å². The lowest BCUT2D eigenvalue weighted by molar-refractivity contribution is 0.101. The number of carbonyl (C=O) groups excluding carboxylic acids is 1. The van der Waals surface area contributed by atoms with Crippen LogP contribution in [0.25, 0.3) is 0 Å². The van der Waals surface area contributed by atoms with Crippen LogP contribution in [0.5, 0.6) is 5.75 Å². The van der Waals surface area contributed by atoms with Crippen LogP contribution in [0.3, 0.4) is 0 Å². The summed E-state index contributed by atoms with van der Waals surface area (Å²) in [6, 6.07) is 6.57. The van der Waals surface area contributed by atoms with Gasteiger partial charge in [0.1, 0.15) is 11.4 Å². The number of rotatable bonds is 3. The first-order chi connectivity index (χ1) is 9.54. The first-order valence-corrected chi connectivity index (χ1v) is 6.97. The first-order valence-electron chi connectivity index (χ1n) is 6.22. The van der Waals surface area contributed by atoms with Gasteiger partial charge in [0.15, 0.2) is 0 Å². The Kier molecular flexibility index (Phi) is 3.36. The van der Waals surface area contributed by atoms with E-state index in [1.807, 2.05) is 4.57 Å². The van der Waals surface area contributed by atoms with Crippen molar-refractivity contribution in [3.63, 3.8) is 0 Å². The number of phenols is 1. The molecule has 1 aromatic carbocycles. The van der Waals surface area contributed by atoms with Gasteiger partial charge in [-0.25, -0.2) is 0 Å². The van der Waals surface area contributed by atoms with Gasteiger partial charge in [-0.3, -0.25) is 4.79 Å². The fourth-order valence-electron chi connectivity index (χ4n) is 2.07. The normalized spacial score (nSPS) is 14.3. The van der Waals surface area contributed by atoms with Crippen molar-refractivity contribution in [1.29, 1.82) is 0 Å². The maximum absolute atomic E-state index is 12.3. The molecular formula is C14H12Cl2N2O2. The Bertz CT molecular complexity index is 678. The second-order valence-corrected chi connectivity index (χ2v) is 5.65. The largest absolute Gasteiger partial charge is 0.506 e. The molecule has 1 aliphatic rings. The van der Waals surface area contributed by atoms with Crippen molar-refractivity contribution >= 4 is 34.8 Å². The molecule has 6 heteroatoms. The van der Waals surface area contributed by atoms with E-state index >= 15 is 0 Å². The minimum Gasteiger partial charge on any atom is -0.506 e. The summed E-state index contributed by atoms with van der Waals surface area (Å²) in [4.78, 5) is 12.3. The summed E-state index contributed by atoms with van der Waals surface area (Å²) in [5.41, 5.74) is 1.00. The van der Waals surface area contributed by atoms with Crippen LogP contribution < -0.4 is 5.32 Å². The Morgan fingerprint density at radius 2 is 2.05 bits per heavy atom. The van der Waals surface area contributed by atoms with Gasteiger partial charge in [-0.2, -0.15) is 0 Å². The van der Waals surface area contributed by atoms with Crippen LogP contribution in [0, 0.1) is 0 Å². The second kappa shape index (κ2) is 5.04. The van der Waals surface area contributed by atoms with Gasteiger partial charge in [-0.15, -0.1) is 0 Å². The molecule has 104 valence electrons. The minimum absolute atomic E-state index is 0.0694. The molecule has 3 rings (SSSR count). The van der Waals surface area contributed by atoms with Crippen LogP contribution in [0.15, 0.2) is 30.5 Å². The fourth-order valence-corrected chi connectivity index (χ4v) is 2.39. The molecule has 0 spiro atoms. The SMILES string of the molecule is O=C(Nc1ccc(Cl)c(O)c1)c1cc(Cl)cn1C1CC1. The lowest BCUT2D eigenvalue weighted by Crippen LogP contribution is -2.16. The van der Waals surface area contributed by atoms with E-state index in [0.29, 0.717) is 22.4 Å². The van der Waals surface area contributed by atoms with Gasteiger partial charge in [-0.1, -0.05) is 23.2 Å². The monoisotopic (exact) mass is 310 g/mol. The lowest BCUT2D eigenvalue weighted by Gasteiger charge is -2.09. The molecule has 2 N–H and O–H groups in total. The highest BCUT2D eigenvalue weighted by Crippen LogP contribution is 2.37. The maximum atomic E-state index is 12.3. The number of nitrogens with one attached hydrogen (secondary N) is 1. The smallest absolute Gasteiger partial charge is 0.272 e. The molecule has 0 aliphatic heterocycles. The molecular weight excluding hydrogens is 299 g/mol. The highest BCUT2D eigenvalue weighted by molar-refractivity contribution is 6.32. The minimum atomic E-state index is -0.259. The number of aromatic hydroxyl groups is 1. The van der Waals surface area contributed by atoms with Gasteiger partial charge in [0.05, 0.1) is 10.0 Å². The number of nitrogens with zero attached hydrogens (tertiary/aromatic N) is 1. The number of hydrogen-bond donors (Lipinski definition) is 2. The molecule has 0 saturated heterocycles. The van der Waals surface area contributed by atoms with E-state index in [1.54, 1.807) is 18.3 Å². The van der Waals surface area contributed by atoms with E-state index in [4.69, 9.17) is 23.2 Å². The molecule has 0 unspecified atom stereocenters. The highest BCUT2D eigenvalue weighted by atomic mass is 35.5. The van der Waals surface area contributed by atoms with Crippen molar-refractivity contribution in [2.75, 3.05) is 5.32 Å². The number of carbonyl (C=O) groups is 1. The summed E-state index contributed by atoms with van der Waals surface area (Å²) in [5, 5.41) is 13.0. The number of halogens is 2. The zero-order valence-electron chi connectivity index (χ0n) is 10.4. The Labute approximate surface area is 125 Å². The molecule has 2 aromatic rings. The Hall–Kier alpha value is -1.65. The standard InChI is InChI=1S/C14H12Cl2N2O2/c15-8-5-12(18(7-8)10-2-3-10)14(20)17-9-1-4-11(16)13(19)6-9/h1,4-7,10,19H,2-3H2,(H,17,20). The topological polar surface area (TPSA) is 54.3 Å². The van der Waals surface area contributed by atoms with Crippen molar-refractivity contribution < 1.29 is 9.90 Å². The molecule has 4 nitrogen and oxygen atoms in total. The van der Waals surface area contributed by atoms with Gasteiger partial charge in [0, 0.05) is 24.0 Å². The third-order valence-corrected chi connectivity index (χ3v) is 3.72. The zero-order valence-corrected chi connectivity index (χ0v) is 11.9. The molecule has 1 aromatic heterocycles. The summed E-state index contributed by atoms with van der Waals surface area (Å²) in [6.07, 6.45) is 3.90. The number of hydrogen-bond acceptors (Lipinski definition) is 2. The molecule has 0 radical (unpaired) electrons. The average Bonchev–Trinajstić information content (AvgIpc) is 3.17. The summed E-state index contributed by atoms with van der Waals surface area (Å²) >= 11 is 11.7. The van der Waals surface area contributed by atoms with Gasteiger partial charge in [0.25, 0.3) is 5.91 Å². The van der Waals surface area contributed by atoms with Crippen LogP contribution in [-0.2, 0) is 0 Å². The van der Waals surface area contributed by atoms with Crippen LogP contribution in [0.2, 0.25) is 10.0 Å². The van der Waals surface area contributed by atoms with E-state index in [1.165, 1.54) is 12.1 Å². The number of aromatic nitrogens is 1. The molecule has 1 amide bonds.